The second-order valence-corrected chi connectivity index (χ2v) is 8.54. The zero-order valence-electron chi connectivity index (χ0n) is 18.3. The molecule has 2 heterocycles. The van der Waals surface area contributed by atoms with Crippen LogP contribution < -0.4 is 9.64 Å². The van der Waals surface area contributed by atoms with Gasteiger partial charge in [-0.1, -0.05) is 29.5 Å². The Labute approximate surface area is 190 Å². The Morgan fingerprint density at radius 3 is 2.66 bits per heavy atom. The van der Waals surface area contributed by atoms with E-state index in [1.807, 2.05) is 49.7 Å². The fourth-order valence-corrected chi connectivity index (χ4v) is 4.62. The molecular weight excluding hydrogens is 427 g/mol. The van der Waals surface area contributed by atoms with E-state index in [1.54, 1.807) is 17.0 Å². The molecule has 0 radical (unpaired) electrons. The number of aromatic nitrogens is 3. The summed E-state index contributed by atoms with van der Waals surface area (Å²) in [5, 5.41) is 5.12. The van der Waals surface area contributed by atoms with Crippen LogP contribution in [0.5, 0.6) is 5.75 Å². The summed E-state index contributed by atoms with van der Waals surface area (Å²) in [4.78, 5) is 19.8. The maximum absolute atomic E-state index is 13.3. The summed E-state index contributed by atoms with van der Waals surface area (Å²) in [7, 11) is 0. The van der Waals surface area contributed by atoms with Gasteiger partial charge in [-0.25, -0.2) is 9.37 Å². The highest BCUT2D eigenvalue weighted by Crippen LogP contribution is 2.34. The Kier molecular flexibility index (Phi) is 6.50. The highest BCUT2D eigenvalue weighted by atomic mass is 32.1. The third-order valence-electron chi connectivity index (χ3n) is 5.11. The number of carbonyl (C=O) groups excluding carboxylic acids is 1. The number of ether oxygens (including phenoxy) is 1. The van der Waals surface area contributed by atoms with Crippen molar-refractivity contribution >= 4 is 32.6 Å². The monoisotopic (exact) mass is 452 g/mol. The van der Waals surface area contributed by atoms with Crippen molar-refractivity contribution in [2.75, 3.05) is 18.1 Å². The fourth-order valence-electron chi connectivity index (χ4n) is 3.59. The van der Waals surface area contributed by atoms with Crippen LogP contribution in [0, 0.1) is 19.7 Å². The molecule has 166 valence electrons. The molecule has 0 aliphatic heterocycles. The molecule has 6 nitrogen and oxygen atoms in total. The second-order valence-electron chi connectivity index (χ2n) is 7.53. The molecule has 0 aliphatic rings. The van der Waals surface area contributed by atoms with E-state index < -0.39 is 0 Å². The van der Waals surface area contributed by atoms with E-state index in [-0.39, 0.29) is 18.1 Å². The maximum atomic E-state index is 13.3. The molecule has 4 aromatic rings. The van der Waals surface area contributed by atoms with E-state index in [4.69, 9.17) is 9.72 Å². The quantitative estimate of drug-likeness (QED) is 0.381. The Morgan fingerprint density at radius 2 is 1.97 bits per heavy atom. The maximum Gasteiger partial charge on any atom is 0.233 e. The molecule has 2 aromatic carbocycles. The highest BCUT2D eigenvalue weighted by Gasteiger charge is 2.22. The predicted octanol–water partition coefficient (Wildman–Crippen LogP) is 4.92. The van der Waals surface area contributed by atoms with Crippen molar-refractivity contribution in [3.63, 3.8) is 0 Å². The van der Waals surface area contributed by atoms with Gasteiger partial charge in [-0.3, -0.25) is 14.4 Å². The molecule has 4 rings (SSSR count). The molecule has 0 atom stereocenters. The highest BCUT2D eigenvalue weighted by molar-refractivity contribution is 7.22. The first-order valence-corrected chi connectivity index (χ1v) is 11.3. The molecule has 0 aliphatic carbocycles. The average molecular weight is 453 g/mol. The standard InChI is InChI=1S/C24H25FN4O2S/c1-4-31-20-6-5-7-21-23(20)26-24(32-21)28(12-13-29-17(3)14-16(2)27-29)22(30)15-18-8-10-19(25)11-9-18/h5-11,14H,4,12-13,15H2,1-3H3. The molecule has 1 amide bonds. The number of benzene rings is 2. The molecule has 0 N–H and O–H groups in total. The zero-order valence-corrected chi connectivity index (χ0v) is 19.2. The van der Waals surface area contributed by atoms with Crippen LogP contribution >= 0.6 is 11.3 Å². The zero-order chi connectivity index (χ0) is 22.7. The van der Waals surface area contributed by atoms with Crippen molar-refractivity contribution in [1.82, 2.24) is 14.8 Å². The van der Waals surface area contributed by atoms with Crippen LogP contribution in [0.25, 0.3) is 10.2 Å². The van der Waals surface area contributed by atoms with Gasteiger partial charge in [-0.2, -0.15) is 5.10 Å². The molecular formula is C24H25FN4O2S. The molecule has 0 bridgehead atoms. The lowest BCUT2D eigenvalue weighted by Gasteiger charge is -2.20. The van der Waals surface area contributed by atoms with Crippen molar-refractivity contribution in [2.24, 2.45) is 0 Å². The van der Waals surface area contributed by atoms with Crippen molar-refractivity contribution in [3.8, 4) is 5.75 Å². The largest absolute Gasteiger partial charge is 0.492 e. The first kappa shape index (κ1) is 22.0. The lowest BCUT2D eigenvalue weighted by Crippen LogP contribution is -2.35. The molecule has 2 aromatic heterocycles. The summed E-state index contributed by atoms with van der Waals surface area (Å²) >= 11 is 1.46. The van der Waals surface area contributed by atoms with Crippen molar-refractivity contribution in [3.05, 3.63) is 71.3 Å². The Bertz CT molecular complexity index is 1230. The van der Waals surface area contributed by atoms with Gasteiger partial charge in [-0.05, 0) is 56.7 Å². The van der Waals surface area contributed by atoms with E-state index in [0.29, 0.717) is 30.6 Å². The Morgan fingerprint density at radius 1 is 1.19 bits per heavy atom. The Hall–Kier alpha value is -3.26. The molecule has 8 heteroatoms. The van der Waals surface area contributed by atoms with Gasteiger partial charge in [0.2, 0.25) is 5.91 Å². The number of anilines is 1. The van der Waals surface area contributed by atoms with E-state index in [1.165, 1.54) is 23.5 Å². The number of amides is 1. The van der Waals surface area contributed by atoms with Gasteiger partial charge in [0, 0.05) is 12.2 Å². The topological polar surface area (TPSA) is 60.2 Å². The first-order chi connectivity index (χ1) is 15.4. The Balaban J connectivity index is 1.65. The summed E-state index contributed by atoms with van der Waals surface area (Å²) in [6.07, 6.45) is 0.158. The number of halogens is 1. The van der Waals surface area contributed by atoms with E-state index in [2.05, 4.69) is 5.10 Å². The number of fused-ring (bicyclic) bond motifs is 1. The smallest absolute Gasteiger partial charge is 0.233 e. The number of rotatable bonds is 8. The number of hydrogen-bond donors (Lipinski definition) is 0. The van der Waals surface area contributed by atoms with Gasteiger partial charge >= 0.3 is 0 Å². The molecule has 0 saturated carbocycles. The third-order valence-corrected chi connectivity index (χ3v) is 6.15. The van der Waals surface area contributed by atoms with Crippen LogP contribution in [0.15, 0.2) is 48.5 Å². The van der Waals surface area contributed by atoms with E-state index >= 15 is 0 Å². The molecule has 32 heavy (non-hydrogen) atoms. The van der Waals surface area contributed by atoms with Crippen LogP contribution in [-0.4, -0.2) is 33.8 Å². The third kappa shape index (κ3) is 4.80. The normalized spacial score (nSPS) is 11.1. The number of hydrogen-bond acceptors (Lipinski definition) is 5. The van der Waals surface area contributed by atoms with Crippen molar-refractivity contribution in [2.45, 2.75) is 33.7 Å². The number of aryl methyl sites for hydroxylation is 2. The van der Waals surface area contributed by atoms with Crippen molar-refractivity contribution in [1.29, 1.82) is 0 Å². The summed E-state index contributed by atoms with van der Waals surface area (Å²) in [5.74, 6) is 0.282. The minimum atomic E-state index is -0.322. The minimum absolute atomic E-state index is 0.102. The van der Waals surface area contributed by atoms with Crippen molar-refractivity contribution < 1.29 is 13.9 Å². The van der Waals surface area contributed by atoms with Crippen LogP contribution in [0.4, 0.5) is 9.52 Å². The lowest BCUT2D eigenvalue weighted by atomic mass is 10.1. The minimum Gasteiger partial charge on any atom is -0.492 e. The average Bonchev–Trinajstić information content (AvgIpc) is 3.33. The fraction of sp³-hybridized carbons (Fsp3) is 0.292. The number of nitrogens with zero attached hydrogens (tertiary/aromatic N) is 4. The van der Waals surface area contributed by atoms with E-state index in [9.17, 15) is 9.18 Å². The molecule has 0 saturated heterocycles. The molecule has 0 spiro atoms. The van der Waals surface area contributed by atoms with Gasteiger partial charge in [0.25, 0.3) is 0 Å². The number of thiazole rings is 1. The van der Waals surface area contributed by atoms with Gasteiger partial charge in [0.05, 0.1) is 30.0 Å². The van der Waals surface area contributed by atoms with Crippen LogP contribution in [0.3, 0.4) is 0 Å². The van der Waals surface area contributed by atoms with Crippen LogP contribution in [0.2, 0.25) is 0 Å². The van der Waals surface area contributed by atoms with Crippen LogP contribution in [-0.2, 0) is 17.8 Å². The SMILES string of the molecule is CCOc1cccc2sc(N(CCn3nc(C)cc3C)C(=O)Cc3ccc(F)cc3)nc12. The summed E-state index contributed by atoms with van der Waals surface area (Å²) < 4.78 is 21.9. The lowest BCUT2D eigenvalue weighted by molar-refractivity contribution is -0.118. The first-order valence-electron chi connectivity index (χ1n) is 10.5. The number of carbonyl (C=O) groups is 1. The summed E-state index contributed by atoms with van der Waals surface area (Å²) in [6.45, 7) is 7.38. The van der Waals surface area contributed by atoms with Gasteiger partial charge < -0.3 is 4.74 Å². The summed E-state index contributed by atoms with van der Waals surface area (Å²) in [6, 6.07) is 13.8. The predicted molar refractivity (Wildman–Crippen MR) is 125 cm³/mol. The van der Waals surface area contributed by atoms with Gasteiger partial charge in [-0.15, -0.1) is 0 Å². The summed E-state index contributed by atoms with van der Waals surface area (Å²) in [5.41, 5.74) is 3.48. The molecule has 0 unspecified atom stereocenters. The van der Waals surface area contributed by atoms with Gasteiger partial charge in [0.1, 0.15) is 17.1 Å². The second kappa shape index (κ2) is 9.48. The van der Waals surface area contributed by atoms with E-state index in [0.717, 1.165) is 27.2 Å². The van der Waals surface area contributed by atoms with Gasteiger partial charge in [0.15, 0.2) is 5.13 Å². The number of para-hydroxylation sites is 1. The van der Waals surface area contributed by atoms with Crippen LogP contribution in [0.1, 0.15) is 23.9 Å². The molecule has 0 fully saturated rings.